The van der Waals surface area contributed by atoms with Crippen molar-refractivity contribution in [1.29, 1.82) is 0 Å². The Morgan fingerprint density at radius 1 is 1.22 bits per heavy atom. The highest BCUT2D eigenvalue weighted by molar-refractivity contribution is 14.1. The van der Waals surface area contributed by atoms with Gasteiger partial charge in [-0.25, -0.2) is 0 Å². The molecule has 0 aliphatic rings. The molecule has 1 aromatic rings. The van der Waals surface area contributed by atoms with E-state index in [1.807, 2.05) is 18.2 Å². The summed E-state index contributed by atoms with van der Waals surface area (Å²) in [6.45, 7) is 6.80. The van der Waals surface area contributed by atoms with Crippen LogP contribution in [0.1, 0.15) is 32.4 Å². The lowest BCUT2D eigenvalue weighted by Crippen LogP contribution is -2.37. The van der Waals surface area contributed by atoms with Gasteiger partial charge in [-0.1, -0.05) is 67.1 Å². The van der Waals surface area contributed by atoms with E-state index in [0.29, 0.717) is 0 Å². The first-order valence-corrected chi connectivity index (χ1v) is 11.0. The van der Waals surface area contributed by atoms with Gasteiger partial charge in [-0.2, -0.15) is 0 Å². The van der Waals surface area contributed by atoms with Gasteiger partial charge in [-0.05, 0) is 35.8 Å². The zero-order valence-corrected chi connectivity index (χ0v) is 15.3. The van der Waals surface area contributed by atoms with Crippen LogP contribution in [-0.2, 0) is 4.43 Å². The summed E-state index contributed by atoms with van der Waals surface area (Å²) in [7, 11) is -1.55. The number of rotatable bonds is 7. The second-order valence-corrected chi connectivity index (χ2v) is 10.6. The maximum atomic E-state index is 6.55. The summed E-state index contributed by atoms with van der Waals surface area (Å²) in [5, 5.41) is 0.794. The van der Waals surface area contributed by atoms with E-state index in [-0.39, 0.29) is 6.10 Å². The van der Waals surface area contributed by atoms with E-state index in [1.54, 1.807) is 0 Å². The molecular formula is C14H22ClIOSi. The van der Waals surface area contributed by atoms with Crippen LogP contribution in [0.3, 0.4) is 0 Å². The van der Waals surface area contributed by atoms with E-state index in [0.717, 1.165) is 9.45 Å². The summed E-state index contributed by atoms with van der Waals surface area (Å²) in [6, 6.07) is 11.6. The standard InChI is InChI=1S/C14H22ClIOSi/c1-4-18(5-2,6-3)17-14(11-16)12-8-7-9-13(15)10-12/h7-10,14H,4-6,11H2,1-3H3. The summed E-state index contributed by atoms with van der Waals surface area (Å²) in [4.78, 5) is 0. The van der Waals surface area contributed by atoms with Crippen molar-refractivity contribution >= 4 is 42.5 Å². The maximum Gasteiger partial charge on any atom is 0.192 e. The van der Waals surface area contributed by atoms with Gasteiger partial charge in [0.25, 0.3) is 0 Å². The monoisotopic (exact) mass is 396 g/mol. The maximum absolute atomic E-state index is 6.55. The molecule has 1 rings (SSSR count). The summed E-state index contributed by atoms with van der Waals surface area (Å²) in [5.41, 5.74) is 1.21. The van der Waals surface area contributed by atoms with Gasteiger partial charge in [0.2, 0.25) is 0 Å². The number of hydrogen-bond donors (Lipinski definition) is 0. The SMILES string of the molecule is CC[Si](CC)(CC)OC(CI)c1cccc(Cl)c1. The van der Waals surface area contributed by atoms with Crippen molar-refractivity contribution in [1.82, 2.24) is 0 Å². The van der Waals surface area contributed by atoms with Crippen LogP contribution in [-0.4, -0.2) is 12.7 Å². The minimum Gasteiger partial charge on any atom is -0.409 e. The molecule has 1 nitrogen and oxygen atoms in total. The molecule has 0 aliphatic carbocycles. The zero-order valence-electron chi connectivity index (χ0n) is 11.4. The number of benzene rings is 1. The van der Waals surface area contributed by atoms with E-state index in [4.69, 9.17) is 16.0 Å². The fourth-order valence-corrected chi connectivity index (χ4v) is 6.25. The lowest BCUT2D eigenvalue weighted by Gasteiger charge is -2.33. The summed E-state index contributed by atoms with van der Waals surface area (Å²) < 4.78 is 7.53. The van der Waals surface area contributed by atoms with Crippen LogP contribution in [0.4, 0.5) is 0 Å². The van der Waals surface area contributed by atoms with Gasteiger partial charge in [0, 0.05) is 9.45 Å². The van der Waals surface area contributed by atoms with Crippen molar-refractivity contribution in [3.05, 3.63) is 34.9 Å². The topological polar surface area (TPSA) is 9.23 Å². The first-order valence-electron chi connectivity index (χ1n) is 6.60. The van der Waals surface area contributed by atoms with E-state index < -0.39 is 8.32 Å². The van der Waals surface area contributed by atoms with Crippen molar-refractivity contribution in [3.63, 3.8) is 0 Å². The Kier molecular flexibility index (Phi) is 7.20. The first-order chi connectivity index (χ1) is 8.60. The van der Waals surface area contributed by atoms with Crippen LogP contribution in [0.5, 0.6) is 0 Å². The highest BCUT2D eigenvalue weighted by atomic mass is 127. The molecule has 0 N–H and O–H groups in total. The van der Waals surface area contributed by atoms with E-state index in [9.17, 15) is 0 Å². The first kappa shape index (κ1) is 16.5. The second kappa shape index (κ2) is 7.87. The normalized spacial score (nSPS) is 13.6. The van der Waals surface area contributed by atoms with Crippen LogP contribution in [0.2, 0.25) is 23.2 Å². The van der Waals surface area contributed by atoms with Gasteiger partial charge in [-0.15, -0.1) is 0 Å². The molecule has 0 heterocycles. The smallest absolute Gasteiger partial charge is 0.192 e. The van der Waals surface area contributed by atoms with Crippen molar-refractivity contribution in [2.75, 3.05) is 4.43 Å². The Morgan fingerprint density at radius 3 is 2.28 bits per heavy atom. The zero-order chi connectivity index (χ0) is 13.6. The highest BCUT2D eigenvalue weighted by Gasteiger charge is 2.32. The Hall–Kier alpha value is 0.417. The number of hydrogen-bond acceptors (Lipinski definition) is 1. The van der Waals surface area contributed by atoms with Crippen LogP contribution >= 0.6 is 34.2 Å². The quantitative estimate of drug-likeness (QED) is 0.320. The van der Waals surface area contributed by atoms with Crippen LogP contribution in [0.15, 0.2) is 24.3 Å². The number of alkyl halides is 1. The molecule has 0 saturated carbocycles. The Labute approximate surface area is 131 Å². The molecule has 0 aromatic heterocycles. The molecule has 0 bridgehead atoms. The largest absolute Gasteiger partial charge is 0.409 e. The molecule has 0 spiro atoms. The predicted molar refractivity (Wildman–Crippen MR) is 91.4 cm³/mol. The molecule has 1 aromatic carbocycles. The minimum absolute atomic E-state index is 0.191. The fraction of sp³-hybridized carbons (Fsp3) is 0.571. The highest BCUT2D eigenvalue weighted by Crippen LogP contribution is 2.31. The van der Waals surface area contributed by atoms with Crippen molar-refractivity contribution in [3.8, 4) is 0 Å². The average molecular weight is 397 g/mol. The van der Waals surface area contributed by atoms with Crippen LogP contribution in [0.25, 0.3) is 0 Å². The second-order valence-electron chi connectivity index (χ2n) is 4.56. The predicted octanol–water partition coefficient (Wildman–Crippen LogP) is 5.84. The summed E-state index contributed by atoms with van der Waals surface area (Å²) in [6.07, 6.45) is 0.191. The fourth-order valence-electron chi connectivity index (χ4n) is 2.20. The van der Waals surface area contributed by atoms with E-state index >= 15 is 0 Å². The third kappa shape index (κ3) is 4.22. The molecule has 0 saturated heterocycles. The molecule has 1 atom stereocenters. The van der Waals surface area contributed by atoms with Crippen LogP contribution in [0, 0.1) is 0 Å². The Bertz CT molecular complexity index is 360. The third-order valence-corrected chi connectivity index (χ3v) is 9.37. The molecule has 1 unspecified atom stereocenters. The van der Waals surface area contributed by atoms with Crippen molar-refractivity contribution < 1.29 is 4.43 Å². The lowest BCUT2D eigenvalue weighted by atomic mass is 10.1. The van der Waals surface area contributed by atoms with Crippen molar-refractivity contribution in [2.45, 2.75) is 45.0 Å². The van der Waals surface area contributed by atoms with E-state index in [2.05, 4.69) is 49.4 Å². The molecule has 0 radical (unpaired) electrons. The lowest BCUT2D eigenvalue weighted by molar-refractivity contribution is 0.217. The minimum atomic E-state index is -1.55. The Morgan fingerprint density at radius 2 is 1.83 bits per heavy atom. The van der Waals surface area contributed by atoms with Gasteiger partial charge in [0.15, 0.2) is 8.32 Å². The van der Waals surface area contributed by atoms with Gasteiger partial charge in [0.1, 0.15) is 0 Å². The Balaban J connectivity index is 2.90. The average Bonchev–Trinajstić information content (AvgIpc) is 2.41. The molecular weight excluding hydrogens is 375 g/mol. The molecule has 0 aliphatic heterocycles. The third-order valence-electron chi connectivity index (χ3n) is 3.69. The van der Waals surface area contributed by atoms with E-state index in [1.165, 1.54) is 23.7 Å². The molecule has 4 heteroatoms. The van der Waals surface area contributed by atoms with Gasteiger partial charge < -0.3 is 4.43 Å². The number of halogens is 2. The van der Waals surface area contributed by atoms with Crippen LogP contribution < -0.4 is 0 Å². The molecule has 102 valence electrons. The van der Waals surface area contributed by atoms with Crippen molar-refractivity contribution in [2.24, 2.45) is 0 Å². The summed E-state index contributed by atoms with van der Waals surface area (Å²) >= 11 is 8.48. The molecule has 0 fully saturated rings. The van der Waals surface area contributed by atoms with Gasteiger partial charge in [-0.3, -0.25) is 0 Å². The van der Waals surface area contributed by atoms with Gasteiger partial charge >= 0.3 is 0 Å². The summed E-state index contributed by atoms with van der Waals surface area (Å²) in [5.74, 6) is 0. The molecule has 0 amide bonds. The molecule has 18 heavy (non-hydrogen) atoms. The van der Waals surface area contributed by atoms with Gasteiger partial charge in [0.05, 0.1) is 6.10 Å².